The van der Waals surface area contributed by atoms with Crippen LogP contribution in [0.2, 0.25) is 0 Å². The minimum absolute atomic E-state index is 0.191. The van der Waals surface area contributed by atoms with Crippen molar-refractivity contribution in [2.45, 2.75) is 44.2 Å². The van der Waals surface area contributed by atoms with Crippen LogP contribution in [0.15, 0.2) is 66.7 Å². The molecular weight excluding hydrogens is 527 g/mol. The van der Waals surface area contributed by atoms with Gasteiger partial charge in [-0.3, -0.25) is 0 Å². The first-order valence-corrected chi connectivity index (χ1v) is 14.1. The summed E-state index contributed by atoms with van der Waals surface area (Å²) >= 11 is 0. The van der Waals surface area contributed by atoms with Crippen molar-refractivity contribution in [2.75, 3.05) is 51.9 Å². The van der Waals surface area contributed by atoms with Gasteiger partial charge in [0.05, 0.1) is 44.3 Å². The van der Waals surface area contributed by atoms with Gasteiger partial charge in [-0.05, 0) is 47.9 Å². The number of aliphatic hydroxyl groups excluding tert-OH is 1. The van der Waals surface area contributed by atoms with E-state index >= 15 is 0 Å². The highest BCUT2D eigenvalue weighted by atomic mass is 19.1. The van der Waals surface area contributed by atoms with E-state index in [0.717, 1.165) is 23.3 Å². The Kier molecular flexibility index (Phi) is 12.2. The molecule has 1 aliphatic heterocycles. The number of nitrogens with one attached hydrogen (secondary N) is 2. The number of hydrogen-bond donors (Lipinski definition) is 4. The van der Waals surface area contributed by atoms with Gasteiger partial charge in [0.15, 0.2) is 0 Å². The van der Waals surface area contributed by atoms with Crippen LogP contribution in [0.25, 0.3) is 0 Å². The molecule has 0 amide bonds. The zero-order valence-electron chi connectivity index (χ0n) is 23.6. The fourth-order valence-corrected chi connectivity index (χ4v) is 4.87. The lowest BCUT2D eigenvalue weighted by molar-refractivity contribution is -0.0328. The first-order chi connectivity index (χ1) is 20.0. The predicted octanol–water partition coefficient (Wildman–Crippen LogP) is 4.60. The van der Waals surface area contributed by atoms with Gasteiger partial charge >= 0.3 is 0 Å². The number of ether oxygens (including phenoxy) is 4. The Balaban J connectivity index is 1.25. The Morgan fingerprint density at radius 3 is 2.59 bits per heavy atom. The number of halogens is 1. The number of piperidine rings is 1. The summed E-state index contributed by atoms with van der Waals surface area (Å²) in [7, 11) is 1.67. The van der Waals surface area contributed by atoms with Gasteiger partial charge in [-0.15, -0.1) is 0 Å². The molecule has 3 atom stereocenters. The summed E-state index contributed by atoms with van der Waals surface area (Å²) in [5, 5.41) is 27.5. The zero-order chi connectivity index (χ0) is 28.9. The summed E-state index contributed by atoms with van der Waals surface area (Å²) in [5.74, 6) is 0.474. The van der Waals surface area contributed by atoms with Crippen LogP contribution in [0, 0.1) is 5.82 Å². The minimum atomic E-state index is -0.593. The Morgan fingerprint density at radius 1 is 0.951 bits per heavy atom. The Morgan fingerprint density at radius 2 is 1.78 bits per heavy atom. The van der Waals surface area contributed by atoms with Crippen molar-refractivity contribution in [3.8, 4) is 11.5 Å². The lowest BCUT2D eigenvalue weighted by Crippen LogP contribution is -2.49. The van der Waals surface area contributed by atoms with Gasteiger partial charge in [-0.1, -0.05) is 36.4 Å². The molecule has 222 valence electrons. The molecular formula is C32H41FN2O6. The molecule has 1 saturated heterocycles. The molecule has 0 spiro atoms. The molecule has 0 unspecified atom stereocenters. The third kappa shape index (κ3) is 9.41. The molecule has 0 aromatic heterocycles. The van der Waals surface area contributed by atoms with E-state index in [9.17, 15) is 14.6 Å². The largest absolute Gasteiger partial charge is 0.506 e. The average molecular weight is 569 g/mol. The molecule has 4 rings (SSSR count). The van der Waals surface area contributed by atoms with Crippen LogP contribution in [0.1, 0.15) is 35.4 Å². The van der Waals surface area contributed by atoms with Crippen LogP contribution in [0.4, 0.5) is 10.1 Å². The third-order valence-corrected chi connectivity index (χ3v) is 7.06. The number of anilines is 1. The van der Waals surface area contributed by atoms with E-state index in [2.05, 4.69) is 10.6 Å². The second-order valence-corrected chi connectivity index (χ2v) is 10.1. The lowest BCUT2D eigenvalue weighted by Gasteiger charge is -2.36. The Hall–Kier alpha value is -3.21. The molecule has 8 nitrogen and oxygen atoms in total. The molecule has 3 aromatic rings. The van der Waals surface area contributed by atoms with Gasteiger partial charge in [0.25, 0.3) is 0 Å². The summed E-state index contributed by atoms with van der Waals surface area (Å²) in [6.07, 6.45) is 0.689. The monoisotopic (exact) mass is 568 g/mol. The maximum absolute atomic E-state index is 13.7. The van der Waals surface area contributed by atoms with Crippen LogP contribution in [-0.4, -0.2) is 69.0 Å². The second kappa shape index (κ2) is 16.3. The first-order valence-electron chi connectivity index (χ1n) is 14.1. The maximum atomic E-state index is 13.7. The van der Waals surface area contributed by atoms with Crippen LogP contribution in [-0.2, 0) is 27.4 Å². The van der Waals surface area contributed by atoms with Crippen molar-refractivity contribution in [3.63, 3.8) is 0 Å². The molecule has 0 radical (unpaired) electrons. The lowest BCUT2D eigenvalue weighted by atomic mass is 9.85. The molecule has 41 heavy (non-hydrogen) atoms. The molecule has 9 heteroatoms. The smallest absolute Gasteiger partial charge is 0.138 e. The van der Waals surface area contributed by atoms with Crippen molar-refractivity contribution in [2.24, 2.45) is 0 Å². The van der Waals surface area contributed by atoms with E-state index < -0.39 is 6.10 Å². The van der Waals surface area contributed by atoms with Gasteiger partial charge in [0, 0.05) is 51.3 Å². The number of benzene rings is 3. The van der Waals surface area contributed by atoms with E-state index in [-0.39, 0.29) is 30.2 Å². The standard InChI is InChI=1S/C32H41FN2O6/c1-38-15-4-14-35-28-18-23(8-13-29(28)36)21-41-31-20-34-19-30(37)32(31)24-9-11-26(12-10-24)40-17-5-16-39-22-25-6-2-3-7-27(25)33/h2-3,6-13,18,30-32,34-37H,4-5,14-17,19-22H2,1H3/t30-,31+,32+/m1/s1. The summed E-state index contributed by atoms with van der Waals surface area (Å²) in [4.78, 5) is 0. The SMILES string of the molecule is COCCCNc1cc(CO[C@H]2CNC[C@@H](O)[C@@H]2c2ccc(OCCCOCc3ccccc3F)cc2)ccc1O. The Bertz CT molecular complexity index is 1200. The highest BCUT2D eigenvalue weighted by Crippen LogP contribution is 2.31. The summed E-state index contributed by atoms with van der Waals surface area (Å²) in [6, 6.07) is 19.8. The van der Waals surface area contributed by atoms with Crippen molar-refractivity contribution in [1.29, 1.82) is 0 Å². The normalized spacial score (nSPS) is 18.8. The van der Waals surface area contributed by atoms with Crippen molar-refractivity contribution >= 4 is 5.69 Å². The number of phenolic OH excluding ortho intramolecular Hbond substituents is 1. The predicted molar refractivity (Wildman–Crippen MR) is 156 cm³/mol. The highest BCUT2D eigenvalue weighted by molar-refractivity contribution is 5.57. The van der Waals surface area contributed by atoms with Gasteiger partial charge < -0.3 is 39.8 Å². The van der Waals surface area contributed by atoms with Crippen molar-refractivity contribution in [3.05, 3.63) is 89.2 Å². The minimum Gasteiger partial charge on any atom is -0.506 e. The van der Waals surface area contributed by atoms with Gasteiger partial charge in [0.2, 0.25) is 0 Å². The van der Waals surface area contributed by atoms with E-state index in [1.165, 1.54) is 6.07 Å². The summed E-state index contributed by atoms with van der Waals surface area (Å²) in [5.41, 5.74) is 3.12. The molecule has 1 aliphatic rings. The zero-order valence-corrected chi connectivity index (χ0v) is 23.6. The van der Waals surface area contributed by atoms with E-state index in [0.29, 0.717) is 63.7 Å². The molecule has 1 fully saturated rings. The fourth-order valence-electron chi connectivity index (χ4n) is 4.87. The third-order valence-electron chi connectivity index (χ3n) is 7.06. The second-order valence-electron chi connectivity index (χ2n) is 10.1. The molecule has 0 aliphatic carbocycles. The number of rotatable bonds is 16. The van der Waals surface area contributed by atoms with Gasteiger partial charge in [0.1, 0.15) is 17.3 Å². The molecule has 0 bridgehead atoms. The number of methoxy groups -OCH3 is 1. The number of aromatic hydroxyl groups is 1. The van der Waals surface area contributed by atoms with E-state index in [1.807, 2.05) is 36.4 Å². The van der Waals surface area contributed by atoms with Crippen LogP contribution in [0.5, 0.6) is 11.5 Å². The molecule has 4 N–H and O–H groups in total. The Labute approximate surface area is 241 Å². The molecule has 3 aromatic carbocycles. The first kappa shape index (κ1) is 30.7. The summed E-state index contributed by atoms with van der Waals surface area (Å²) in [6.45, 7) is 3.99. The number of phenols is 1. The highest BCUT2D eigenvalue weighted by Gasteiger charge is 2.34. The van der Waals surface area contributed by atoms with Crippen LogP contribution >= 0.6 is 0 Å². The maximum Gasteiger partial charge on any atom is 0.138 e. The van der Waals surface area contributed by atoms with Crippen LogP contribution in [0.3, 0.4) is 0 Å². The van der Waals surface area contributed by atoms with Crippen LogP contribution < -0.4 is 15.4 Å². The van der Waals surface area contributed by atoms with E-state index in [4.69, 9.17) is 18.9 Å². The number of β-amino-alcohol motifs (C(OH)–C–C–N with tert-alkyl or cyclic N) is 1. The molecule has 1 heterocycles. The summed E-state index contributed by atoms with van der Waals surface area (Å²) < 4.78 is 36.5. The average Bonchev–Trinajstić information content (AvgIpc) is 2.98. The van der Waals surface area contributed by atoms with Crippen molar-refractivity contribution in [1.82, 2.24) is 5.32 Å². The fraction of sp³-hybridized carbons (Fsp3) is 0.438. The van der Waals surface area contributed by atoms with E-state index in [1.54, 1.807) is 31.4 Å². The number of aliphatic hydroxyl groups is 1. The number of hydrogen-bond acceptors (Lipinski definition) is 8. The molecule has 0 saturated carbocycles. The quantitative estimate of drug-likeness (QED) is 0.147. The van der Waals surface area contributed by atoms with Gasteiger partial charge in [-0.25, -0.2) is 4.39 Å². The topological polar surface area (TPSA) is 101 Å². The van der Waals surface area contributed by atoms with Crippen molar-refractivity contribution < 1.29 is 33.6 Å². The van der Waals surface area contributed by atoms with Gasteiger partial charge in [-0.2, -0.15) is 0 Å².